The van der Waals surface area contributed by atoms with E-state index in [4.69, 9.17) is 14.2 Å². The van der Waals surface area contributed by atoms with Crippen molar-refractivity contribution in [1.29, 1.82) is 0 Å². The number of carbonyl (C=O) groups is 1. The number of ether oxygens (including phenoxy) is 3. The van der Waals surface area contributed by atoms with Crippen LogP contribution in [0.3, 0.4) is 0 Å². The first-order valence-electron chi connectivity index (χ1n) is 9.20. The molecule has 0 unspecified atom stereocenters. The molecule has 1 N–H and O–H groups in total. The Morgan fingerprint density at radius 3 is 2.50 bits per heavy atom. The molecule has 1 fully saturated rings. The van der Waals surface area contributed by atoms with Crippen molar-refractivity contribution in [3.05, 3.63) is 42.0 Å². The van der Waals surface area contributed by atoms with Gasteiger partial charge in [0.2, 0.25) is 16.8 Å². The van der Waals surface area contributed by atoms with Crippen molar-refractivity contribution < 1.29 is 27.4 Å². The van der Waals surface area contributed by atoms with Gasteiger partial charge in [-0.25, -0.2) is 13.4 Å². The van der Waals surface area contributed by atoms with Crippen LogP contribution >= 0.6 is 11.3 Å². The lowest BCUT2D eigenvalue weighted by molar-refractivity contribution is 0.0730. The van der Waals surface area contributed by atoms with Crippen LogP contribution in [0.25, 0.3) is 10.2 Å². The third kappa shape index (κ3) is 3.49. The molecule has 156 valence electrons. The maximum Gasteiger partial charge on any atom is 0.257 e. The van der Waals surface area contributed by atoms with Gasteiger partial charge in [0.25, 0.3) is 5.91 Å². The molecular formula is C19H17N3O6S2. The van der Waals surface area contributed by atoms with Gasteiger partial charge in [-0.15, -0.1) is 0 Å². The normalized spacial score (nSPS) is 16.7. The first-order valence-corrected chi connectivity index (χ1v) is 11.5. The van der Waals surface area contributed by atoms with Crippen LogP contribution in [0, 0.1) is 0 Å². The molecule has 2 aromatic carbocycles. The zero-order valence-electron chi connectivity index (χ0n) is 15.7. The molecule has 0 atom stereocenters. The molecule has 0 radical (unpaired) electrons. The number of nitrogens with zero attached hydrogens (tertiary/aromatic N) is 2. The number of aromatic nitrogens is 1. The van der Waals surface area contributed by atoms with Crippen LogP contribution in [-0.2, 0) is 14.8 Å². The lowest BCUT2D eigenvalue weighted by Gasteiger charge is -2.26. The van der Waals surface area contributed by atoms with Gasteiger partial charge in [0.15, 0.2) is 16.6 Å². The maximum atomic E-state index is 12.7. The number of amides is 1. The Bertz CT molecular complexity index is 1180. The summed E-state index contributed by atoms with van der Waals surface area (Å²) in [5.41, 5.74) is 1.04. The van der Waals surface area contributed by atoms with E-state index < -0.39 is 10.0 Å². The summed E-state index contributed by atoms with van der Waals surface area (Å²) in [6.07, 6.45) is 0. The van der Waals surface area contributed by atoms with E-state index in [-0.39, 0.29) is 17.6 Å². The monoisotopic (exact) mass is 447 g/mol. The highest BCUT2D eigenvalue weighted by molar-refractivity contribution is 7.89. The van der Waals surface area contributed by atoms with Gasteiger partial charge in [0.05, 0.1) is 28.3 Å². The van der Waals surface area contributed by atoms with E-state index in [0.29, 0.717) is 54.0 Å². The van der Waals surface area contributed by atoms with Gasteiger partial charge in [0, 0.05) is 30.8 Å². The number of rotatable bonds is 4. The highest BCUT2D eigenvalue weighted by atomic mass is 32.2. The van der Waals surface area contributed by atoms with E-state index >= 15 is 0 Å². The van der Waals surface area contributed by atoms with Gasteiger partial charge in [-0.2, -0.15) is 4.31 Å². The van der Waals surface area contributed by atoms with Crippen LogP contribution < -0.4 is 14.8 Å². The van der Waals surface area contributed by atoms with Crippen molar-refractivity contribution in [2.24, 2.45) is 0 Å². The second-order valence-corrected chi connectivity index (χ2v) is 9.66. The maximum absolute atomic E-state index is 12.7. The van der Waals surface area contributed by atoms with Crippen LogP contribution in [-0.4, -0.2) is 56.7 Å². The van der Waals surface area contributed by atoms with Crippen LogP contribution in [0.2, 0.25) is 0 Å². The Morgan fingerprint density at radius 2 is 1.77 bits per heavy atom. The summed E-state index contributed by atoms with van der Waals surface area (Å²) in [6, 6.07) is 9.47. The van der Waals surface area contributed by atoms with Crippen molar-refractivity contribution in [2.45, 2.75) is 4.90 Å². The molecule has 1 amide bonds. The van der Waals surface area contributed by atoms with Gasteiger partial charge >= 0.3 is 0 Å². The minimum absolute atomic E-state index is 0.149. The highest BCUT2D eigenvalue weighted by Crippen LogP contribution is 2.39. The van der Waals surface area contributed by atoms with E-state index in [9.17, 15) is 13.2 Å². The summed E-state index contributed by atoms with van der Waals surface area (Å²) in [4.78, 5) is 17.1. The van der Waals surface area contributed by atoms with Crippen molar-refractivity contribution >= 4 is 42.6 Å². The number of morpholine rings is 1. The zero-order chi connectivity index (χ0) is 20.7. The Morgan fingerprint density at radius 1 is 1.07 bits per heavy atom. The first kappa shape index (κ1) is 19.2. The van der Waals surface area contributed by atoms with Crippen LogP contribution in [0.5, 0.6) is 11.5 Å². The standard InChI is InChI=1S/C19H17N3O6S2/c23-18(21-19-20-14-9-15-16(28-11-27-15)10-17(14)29-19)12-1-3-13(4-2-12)30(24,25)22-5-7-26-8-6-22/h1-4,9-10H,5-8,11H2,(H,20,21,23). The largest absolute Gasteiger partial charge is 0.454 e. The number of anilines is 1. The molecule has 3 heterocycles. The molecule has 30 heavy (non-hydrogen) atoms. The zero-order valence-corrected chi connectivity index (χ0v) is 17.3. The molecule has 3 aromatic rings. The number of benzene rings is 2. The Labute approximate surface area is 176 Å². The molecule has 1 aromatic heterocycles. The van der Waals surface area contributed by atoms with Gasteiger partial charge < -0.3 is 14.2 Å². The lowest BCUT2D eigenvalue weighted by atomic mass is 10.2. The molecule has 0 saturated carbocycles. The fourth-order valence-corrected chi connectivity index (χ4v) is 5.53. The van der Waals surface area contributed by atoms with Gasteiger partial charge in [-0.3, -0.25) is 10.1 Å². The third-order valence-corrected chi connectivity index (χ3v) is 7.67. The number of fused-ring (bicyclic) bond motifs is 2. The third-order valence-electron chi connectivity index (χ3n) is 4.83. The van der Waals surface area contributed by atoms with Crippen molar-refractivity contribution in [3.8, 4) is 11.5 Å². The van der Waals surface area contributed by atoms with Crippen LogP contribution in [0.1, 0.15) is 10.4 Å². The topological polar surface area (TPSA) is 107 Å². The smallest absolute Gasteiger partial charge is 0.257 e. The predicted octanol–water partition coefficient (Wildman–Crippen LogP) is 2.30. The first-order chi connectivity index (χ1) is 14.5. The number of hydrogen-bond donors (Lipinski definition) is 1. The average molecular weight is 447 g/mol. The quantitative estimate of drug-likeness (QED) is 0.654. The molecule has 1 saturated heterocycles. The number of carbonyl (C=O) groups excluding carboxylic acids is 1. The lowest BCUT2D eigenvalue weighted by Crippen LogP contribution is -2.40. The summed E-state index contributed by atoms with van der Waals surface area (Å²) in [6.45, 7) is 1.59. The van der Waals surface area contributed by atoms with Gasteiger partial charge in [-0.1, -0.05) is 11.3 Å². The molecule has 11 heteroatoms. The van der Waals surface area contributed by atoms with E-state index in [2.05, 4.69) is 10.3 Å². The molecule has 9 nitrogen and oxygen atoms in total. The van der Waals surface area contributed by atoms with E-state index in [0.717, 1.165) is 4.70 Å². The molecule has 5 rings (SSSR count). The van der Waals surface area contributed by atoms with Gasteiger partial charge in [-0.05, 0) is 24.3 Å². The fraction of sp³-hybridized carbons (Fsp3) is 0.263. The van der Waals surface area contributed by atoms with E-state index in [1.165, 1.54) is 39.9 Å². The fourth-order valence-electron chi connectivity index (χ4n) is 3.26. The minimum atomic E-state index is -3.60. The summed E-state index contributed by atoms with van der Waals surface area (Å²) >= 11 is 1.32. The number of sulfonamides is 1. The second kappa shape index (κ2) is 7.51. The van der Waals surface area contributed by atoms with Crippen molar-refractivity contribution in [3.63, 3.8) is 0 Å². The van der Waals surface area contributed by atoms with Crippen molar-refractivity contribution in [2.75, 3.05) is 38.4 Å². The van der Waals surface area contributed by atoms with E-state index in [1.54, 1.807) is 6.07 Å². The molecule has 2 aliphatic heterocycles. The summed E-state index contributed by atoms with van der Waals surface area (Å²) in [5.74, 6) is 0.910. The number of thiazole rings is 1. The summed E-state index contributed by atoms with van der Waals surface area (Å²) in [7, 11) is -3.60. The number of nitrogens with one attached hydrogen (secondary N) is 1. The van der Waals surface area contributed by atoms with Gasteiger partial charge in [0.1, 0.15) is 0 Å². The molecular weight excluding hydrogens is 430 g/mol. The van der Waals surface area contributed by atoms with Crippen molar-refractivity contribution in [1.82, 2.24) is 9.29 Å². The molecule has 0 aliphatic carbocycles. The molecule has 2 aliphatic rings. The van der Waals surface area contributed by atoms with E-state index in [1.807, 2.05) is 6.07 Å². The number of hydrogen-bond acceptors (Lipinski definition) is 8. The summed E-state index contributed by atoms with van der Waals surface area (Å²) < 4.78 is 43.5. The molecule has 0 bridgehead atoms. The molecule has 0 spiro atoms. The Balaban J connectivity index is 1.32. The minimum Gasteiger partial charge on any atom is -0.454 e. The second-order valence-electron chi connectivity index (χ2n) is 6.69. The van der Waals surface area contributed by atoms with Crippen LogP contribution in [0.15, 0.2) is 41.3 Å². The Kier molecular flexibility index (Phi) is 4.82. The van der Waals surface area contributed by atoms with Crippen LogP contribution in [0.4, 0.5) is 5.13 Å². The highest BCUT2D eigenvalue weighted by Gasteiger charge is 2.26. The average Bonchev–Trinajstić information content (AvgIpc) is 3.37. The predicted molar refractivity (Wildman–Crippen MR) is 110 cm³/mol. The SMILES string of the molecule is O=C(Nc1nc2cc3c(cc2s1)OCO3)c1ccc(S(=O)(=O)N2CCOCC2)cc1. The summed E-state index contributed by atoms with van der Waals surface area (Å²) in [5, 5.41) is 3.19. The Hall–Kier alpha value is -2.73.